The van der Waals surface area contributed by atoms with E-state index in [4.69, 9.17) is 5.26 Å². The molecular formula is C9H8N2. The van der Waals surface area contributed by atoms with Crippen molar-refractivity contribution in [2.24, 2.45) is 0 Å². The van der Waals surface area contributed by atoms with Gasteiger partial charge in [0.1, 0.15) is 6.07 Å². The van der Waals surface area contributed by atoms with E-state index < -0.39 is 0 Å². The summed E-state index contributed by atoms with van der Waals surface area (Å²) in [6, 6.07) is 2.16. The van der Waals surface area contributed by atoms with E-state index in [2.05, 4.69) is 11.1 Å². The third-order valence-electron chi connectivity index (χ3n) is 2.14. The van der Waals surface area contributed by atoms with E-state index in [1.54, 1.807) is 6.20 Å². The van der Waals surface area contributed by atoms with E-state index in [0.29, 0.717) is 0 Å². The van der Waals surface area contributed by atoms with Crippen molar-refractivity contribution in [3.8, 4) is 6.07 Å². The molecule has 54 valence electrons. The number of aromatic nitrogens is 1. The van der Waals surface area contributed by atoms with Gasteiger partial charge >= 0.3 is 0 Å². The van der Waals surface area contributed by atoms with Crippen LogP contribution < -0.4 is 0 Å². The van der Waals surface area contributed by atoms with Gasteiger partial charge in [-0.15, -0.1) is 0 Å². The van der Waals surface area contributed by atoms with Crippen LogP contribution in [0.4, 0.5) is 0 Å². The summed E-state index contributed by atoms with van der Waals surface area (Å²) in [5, 5.41) is 8.71. The van der Waals surface area contributed by atoms with E-state index in [1.165, 1.54) is 17.5 Å². The van der Waals surface area contributed by atoms with E-state index in [-0.39, 0.29) is 0 Å². The van der Waals surface area contributed by atoms with E-state index in [1.807, 2.05) is 6.20 Å². The lowest BCUT2D eigenvalue weighted by atomic mass is 10.1. The van der Waals surface area contributed by atoms with Gasteiger partial charge in [-0.25, -0.2) is 0 Å². The normalized spacial score (nSPS) is 14.1. The molecule has 0 aliphatic heterocycles. The minimum absolute atomic E-state index is 0.764. The third-order valence-corrected chi connectivity index (χ3v) is 2.14. The number of nitriles is 1. The minimum atomic E-state index is 0.764. The summed E-state index contributed by atoms with van der Waals surface area (Å²) in [5.41, 5.74) is 3.26. The van der Waals surface area contributed by atoms with Crippen LogP contribution in [0.5, 0.6) is 0 Å². The molecule has 0 aromatic carbocycles. The molecule has 0 N–H and O–H groups in total. The Morgan fingerprint density at radius 2 is 2.27 bits per heavy atom. The first-order chi connectivity index (χ1) is 5.42. The fraction of sp³-hybridized carbons (Fsp3) is 0.333. The van der Waals surface area contributed by atoms with Crippen LogP contribution in [-0.4, -0.2) is 4.98 Å². The Morgan fingerprint density at radius 3 is 3.09 bits per heavy atom. The van der Waals surface area contributed by atoms with E-state index in [9.17, 15) is 0 Å². The molecule has 0 atom stereocenters. The van der Waals surface area contributed by atoms with Gasteiger partial charge in [0.05, 0.1) is 5.56 Å². The predicted molar refractivity (Wildman–Crippen MR) is 41.0 cm³/mol. The van der Waals surface area contributed by atoms with Crippen molar-refractivity contribution in [3.63, 3.8) is 0 Å². The van der Waals surface area contributed by atoms with Crippen LogP contribution >= 0.6 is 0 Å². The zero-order valence-corrected chi connectivity index (χ0v) is 6.17. The first kappa shape index (κ1) is 6.36. The topological polar surface area (TPSA) is 36.7 Å². The summed E-state index contributed by atoms with van der Waals surface area (Å²) in [4.78, 5) is 4.00. The van der Waals surface area contributed by atoms with Crippen LogP contribution in [-0.2, 0) is 12.8 Å². The van der Waals surface area contributed by atoms with E-state index in [0.717, 1.165) is 18.4 Å². The smallest absolute Gasteiger partial charge is 0.101 e. The van der Waals surface area contributed by atoms with E-state index >= 15 is 0 Å². The van der Waals surface area contributed by atoms with Crippen molar-refractivity contribution >= 4 is 0 Å². The number of rotatable bonds is 0. The highest BCUT2D eigenvalue weighted by Crippen LogP contribution is 2.23. The molecule has 0 radical (unpaired) electrons. The number of nitrogens with zero attached hydrogens (tertiary/aromatic N) is 2. The van der Waals surface area contributed by atoms with Gasteiger partial charge in [-0.3, -0.25) is 4.98 Å². The Balaban J connectivity index is 2.61. The lowest BCUT2D eigenvalue weighted by molar-refractivity contribution is 0.910. The van der Waals surface area contributed by atoms with Crippen LogP contribution in [0, 0.1) is 11.3 Å². The van der Waals surface area contributed by atoms with Crippen LogP contribution in [0.25, 0.3) is 0 Å². The Hall–Kier alpha value is -1.36. The highest BCUT2D eigenvalue weighted by Gasteiger charge is 2.13. The molecule has 2 heteroatoms. The molecule has 2 rings (SSSR count). The van der Waals surface area contributed by atoms with Crippen molar-refractivity contribution in [2.75, 3.05) is 0 Å². The molecule has 11 heavy (non-hydrogen) atoms. The zero-order chi connectivity index (χ0) is 7.68. The van der Waals surface area contributed by atoms with Crippen molar-refractivity contribution < 1.29 is 0 Å². The fourth-order valence-corrected chi connectivity index (χ4v) is 1.59. The summed E-state index contributed by atoms with van der Waals surface area (Å²) in [5.74, 6) is 0. The lowest BCUT2D eigenvalue weighted by Crippen LogP contribution is -1.89. The number of aryl methyl sites for hydroxylation is 1. The van der Waals surface area contributed by atoms with Gasteiger partial charge in [0.2, 0.25) is 0 Å². The largest absolute Gasteiger partial charge is 0.263 e. The van der Waals surface area contributed by atoms with Gasteiger partial charge in [-0.2, -0.15) is 5.26 Å². The molecule has 0 amide bonds. The average molecular weight is 144 g/mol. The molecule has 1 aliphatic carbocycles. The summed E-state index contributed by atoms with van der Waals surface area (Å²) in [6.07, 6.45) is 6.86. The number of hydrogen-bond donors (Lipinski definition) is 0. The summed E-state index contributed by atoms with van der Waals surface area (Å²) < 4.78 is 0. The summed E-state index contributed by atoms with van der Waals surface area (Å²) in [6.45, 7) is 0. The molecular weight excluding hydrogens is 136 g/mol. The van der Waals surface area contributed by atoms with Crippen molar-refractivity contribution in [1.29, 1.82) is 5.26 Å². The second-order valence-corrected chi connectivity index (χ2v) is 2.79. The Bertz CT molecular complexity index is 323. The summed E-state index contributed by atoms with van der Waals surface area (Å²) >= 11 is 0. The first-order valence-electron chi connectivity index (χ1n) is 3.77. The van der Waals surface area contributed by atoms with Crippen molar-refractivity contribution in [1.82, 2.24) is 4.98 Å². The highest BCUT2D eigenvalue weighted by atomic mass is 14.6. The van der Waals surface area contributed by atoms with Crippen molar-refractivity contribution in [2.45, 2.75) is 19.3 Å². The van der Waals surface area contributed by atoms with Gasteiger partial charge in [0, 0.05) is 12.4 Å². The standard InChI is InChI=1S/C9H8N2/c10-4-8-6-11-5-7-2-1-3-9(7)8/h5-6H,1-3H2. The minimum Gasteiger partial charge on any atom is -0.263 e. The second kappa shape index (κ2) is 2.35. The zero-order valence-electron chi connectivity index (χ0n) is 6.17. The van der Waals surface area contributed by atoms with Gasteiger partial charge in [0.25, 0.3) is 0 Å². The van der Waals surface area contributed by atoms with Gasteiger partial charge < -0.3 is 0 Å². The maximum absolute atomic E-state index is 8.71. The van der Waals surface area contributed by atoms with Crippen LogP contribution in [0.15, 0.2) is 12.4 Å². The molecule has 0 unspecified atom stereocenters. The molecule has 1 aliphatic rings. The third kappa shape index (κ3) is 0.894. The Labute approximate surface area is 65.5 Å². The molecule has 0 saturated carbocycles. The molecule has 1 heterocycles. The van der Waals surface area contributed by atoms with Crippen molar-refractivity contribution in [3.05, 3.63) is 29.1 Å². The van der Waals surface area contributed by atoms with Gasteiger partial charge in [0.15, 0.2) is 0 Å². The first-order valence-corrected chi connectivity index (χ1v) is 3.77. The highest BCUT2D eigenvalue weighted by molar-refractivity contribution is 5.42. The van der Waals surface area contributed by atoms with Gasteiger partial charge in [-0.05, 0) is 30.4 Å². The van der Waals surface area contributed by atoms with Crippen LogP contribution in [0.2, 0.25) is 0 Å². The average Bonchev–Trinajstić information content (AvgIpc) is 2.50. The maximum Gasteiger partial charge on any atom is 0.101 e. The second-order valence-electron chi connectivity index (χ2n) is 2.79. The molecule has 1 aromatic rings. The molecule has 0 fully saturated rings. The SMILES string of the molecule is N#Cc1cncc2c1CCC2. The Kier molecular flexibility index (Phi) is 1.36. The number of pyridine rings is 1. The van der Waals surface area contributed by atoms with Crippen LogP contribution in [0.3, 0.4) is 0 Å². The lowest BCUT2D eigenvalue weighted by Gasteiger charge is -1.97. The van der Waals surface area contributed by atoms with Gasteiger partial charge in [-0.1, -0.05) is 0 Å². The molecule has 0 bridgehead atoms. The summed E-state index contributed by atoms with van der Waals surface area (Å²) in [7, 11) is 0. The van der Waals surface area contributed by atoms with Crippen LogP contribution in [0.1, 0.15) is 23.1 Å². The predicted octanol–water partition coefficient (Wildman–Crippen LogP) is 1.44. The maximum atomic E-state index is 8.71. The molecule has 0 saturated heterocycles. The number of fused-ring (bicyclic) bond motifs is 1. The quantitative estimate of drug-likeness (QED) is 0.552. The molecule has 0 spiro atoms. The number of hydrogen-bond acceptors (Lipinski definition) is 2. The Morgan fingerprint density at radius 1 is 1.36 bits per heavy atom. The fourth-order valence-electron chi connectivity index (χ4n) is 1.59. The molecule has 2 nitrogen and oxygen atoms in total. The molecule has 1 aromatic heterocycles. The monoisotopic (exact) mass is 144 g/mol.